The largest absolute Gasteiger partial charge is 0.352 e. The summed E-state index contributed by atoms with van der Waals surface area (Å²) in [4.78, 5) is 28.9. The Hall–Kier alpha value is -3.79. The predicted octanol–water partition coefficient (Wildman–Crippen LogP) is 5.07. The van der Waals surface area contributed by atoms with Gasteiger partial charge in [0.1, 0.15) is 6.04 Å². The Morgan fingerprint density at radius 3 is 2.07 bits per heavy atom. The lowest BCUT2D eigenvalue weighted by Crippen LogP contribution is -2.52. The van der Waals surface area contributed by atoms with Crippen LogP contribution in [0.4, 0.5) is 14.5 Å². The second-order valence-electron chi connectivity index (χ2n) is 10.1. The van der Waals surface area contributed by atoms with Gasteiger partial charge in [-0.2, -0.15) is 0 Å². The van der Waals surface area contributed by atoms with Crippen molar-refractivity contribution in [3.63, 3.8) is 0 Å². The zero-order valence-electron chi connectivity index (χ0n) is 23.6. The fourth-order valence-electron chi connectivity index (χ4n) is 4.42. The van der Waals surface area contributed by atoms with Crippen molar-refractivity contribution >= 4 is 27.5 Å². The van der Waals surface area contributed by atoms with Gasteiger partial charge in [-0.15, -0.1) is 0 Å². The van der Waals surface area contributed by atoms with E-state index in [0.29, 0.717) is 6.42 Å². The van der Waals surface area contributed by atoms with Crippen LogP contribution in [-0.2, 0) is 32.6 Å². The number of nitrogens with zero attached hydrogens (tertiary/aromatic N) is 2. The summed E-state index contributed by atoms with van der Waals surface area (Å²) < 4.78 is 53.2. The zero-order chi connectivity index (χ0) is 30.0. The molecule has 0 fully saturated rings. The molecular weight excluding hydrogens is 548 g/mol. The fraction of sp³-hybridized carbons (Fsp3) is 0.355. The second kappa shape index (κ2) is 14.7. The van der Waals surface area contributed by atoms with E-state index in [1.807, 2.05) is 74.5 Å². The summed E-state index contributed by atoms with van der Waals surface area (Å²) in [5.41, 5.74) is 1.70. The van der Waals surface area contributed by atoms with Gasteiger partial charge in [0.25, 0.3) is 0 Å². The maximum atomic E-state index is 13.9. The van der Waals surface area contributed by atoms with Crippen LogP contribution in [0.2, 0.25) is 0 Å². The minimum absolute atomic E-state index is 0.0325. The molecule has 0 saturated carbocycles. The Morgan fingerprint density at radius 2 is 1.51 bits per heavy atom. The van der Waals surface area contributed by atoms with Gasteiger partial charge in [0.2, 0.25) is 21.8 Å². The molecule has 0 aliphatic carbocycles. The summed E-state index contributed by atoms with van der Waals surface area (Å²) in [6.07, 6.45) is 2.02. The van der Waals surface area contributed by atoms with E-state index in [9.17, 15) is 26.8 Å². The number of rotatable bonds is 14. The van der Waals surface area contributed by atoms with Crippen LogP contribution in [0.3, 0.4) is 0 Å². The number of carbonyl (C=O) groups is 2. The summed E-state index contributed by atoms with van der Waals surface area (Å²) in [6, 6.07) is 20.7. The third-order valence-corrected chi connectivity index (χ3v) is 8.01. The summed E-state index contributed by atoms with van der Waals surface area (Å²) in [6.45, 7) is 3.92. The van der Waals surface area contributed by atoms with E-state index >= 15 is 0 Å². The first-order chi connectivity index (χ1) is 19.5. The van der Waals surface area contributed by atoms with Gasteiger partial charge in [0.05, 0.1) is 11.9 Å². The molecule has 7 nitrogen and oxygen atoms in total. The molecule has 0 saturated heterocycles. The highest BCUT2D eigenvalue weighted by atomic mass is 32.2. The average molecular weight is 586 g/mol. The number of anilines is 1. The fourth-order valence-corrected chi connectivity index (χ4v) is 5.38. The average Bonchev–Trinajstić information content (AvgIpc) is 2.94. The molecule has 2 unspecified atom stereocenters. The Morgan fingerprint density at radius 1 is 0.902 bits per heavy atom. The van der Waals surface area contributed by atoms with Crippen LogP contribution in [0.15, 0.2) is 78.9 Å². The van der Waals surface area contributed by atoms with Gasteiger partial charge in [-0.05, 0) is 43.0 Å². The molecule has 0 aliphatic heterocycles. The number of benzene rings is 3. The summed E-state index contributed by atoms with van der Waals surface area (Å²) in [7, 11) is -3.85. The van der Waals surface area contributed by atoms with Crippen LogP contribution in [0.25, 0.3) is 0 Å². The van der Waals surface area contributed by atoms with Crippen molar-refractivity contribution in [1.82, 2.24) is 10.2 Å². The van der Waals surface area contributed by atoms with Gasteiger partial charge < -0.3 is 10.2 Å². The van der Waals surface area contributed by atoms with Gasteiger partial charge in [0.15, 0.2) is 11.6 Å². The molecule has 2 atom stereocenters. The molecule has 0 spiro atoms. The monoisotopic (exact) mass is 585 g/mol. The van der Waals surface area contributed by atoms with E-state index in [-0.39, 0.29) is 49.5 Å². The first kappa shape index (κ1) is 31.7. The molecule has 0 heterocycles. The topological polar surface area (TPSA) is 86.8 Å². The van der Waals surface area contributed by atoms with E-state index < -0.39 is 27.7 Å². The number of sulfonamides is 1. The highest BCUT2D eigenvalue weighted by molar-refractivity contribution is 7.92. The number of hydrogen-bond donors (Lipinski definition) is 1. The number of hydrogen-bond acceptors (Lipinski definition) is 4. The standard InChI is InChI=1S/C31H37F2N3O4S/c1-4-23(2)34-31(38)29(20-24-12-7-5-8-13-24)35(22-25-14-9-6-10-15-25)30(37)16-11-19-36(41(3,39)40)26-17-18-27(32)28(33)21-26/h5-10,12-15,17-18,21,23,29H,4,11,16,19-20,22H2,1-3H3,(H,34,38). The number of halogens is 2. The highest BCUT2D eigenvalue weighted by Gasteiger charge is 2.31. The maximum absolute atomic E-state index is 13.9. The molecule has 41 heavy (non-hydrogen) atoms. The Labute approximate surface area is 241 Å². The lowest BCUT2D eigenvalue weighted by molar-refractivity contribution is -0.141. The molecule has 0 bridgehead atoms. The summed E-state index contributed by atoms with van der Waals surface area (Å²) in [5, 5.41) is 3.01. The van der Waals surface area contributed by atoms with Crippen molar-refractivity contribution in [3.8, 4) is 0 Å². The molecule has 2 amide bonds. The molecule has 1 N–H and O–H groups in total. The minimum Gasteiger partial charge on any atom is -0.352 e. The Bertz CT molecular complexity index is 1410. The molecule has 0 aliphatic rings. The third-order valence-electron chi connectivity index (χ3n) is 6.81. The van der Waals surface area contributed by atoms with Crippen LogP contribution in [0.5, 0.6) is 0 Å². The maximum Gasteiger partial charge on any atom is 0.243 e. The highest BCUT2D eigenvalue weighted by Crippen LogP contribution is 2.22. The van der Waals surface area contributed by atoms with Gasteiger partial charge >= 0.3 is 0 Å². The second-order valence-corrected chi connectivity index (χ2v) is 12.0. The third kappa shape index (κ3) is 9.38. The molecule has 0 radical (unpaired) electrons. The quantitative estimate of drug-likeness (QED) is 0.286. The molecule has 10 heteroatoms. The smallest absolute Gasteiger partial charge is 0.243 e. The Balaban J connectivity index is 1.87. The van der Waals surface area contributed by atoms with Gasteiger partial charge in [-0.25, -0.2) is 17.2 Å². The van der Waals surface area contributed by atoms with Crippen molar-refractivity contribution < 1.29 is 26.8 Å². The molecule has 3 aromatic carbocycles. The van der Waals surface area contributed by atoms with Crippen LogP contribution in [-0.4, -0.2) is 50.0 Å². The first-order valence-corrected chi connectivity index (χ1v) is 15.4. The van der Waals surface area contributed by atoms with E-state index in [1.165, 1.54) is 6.07 Å². The molecule has 0 aromatic heterocycles. The molecule has 3 aromatic rings. The molecular formula is C31H37F2N3O4S. The minimum atomic E-state index is -3.85. The predicted molar refractivity (Wildman–Crippen MR) is 157 cm³/mol. The van der Waals surface area contributed by atoms with Gasteiger partial charge in [-0.3, -0.25) is 13.9 Å². The lowest BCUT2D eigenvalue weighted by atomic mass is 10.0. The van der Waals surface area contributed by atoms with Crippen molar-refractivity contribution in [1.29, 1.82) is 0 Å². The van der Waals surface area contributed by atoms with Gasteiger partial charge in [0, 0.05) is 38.0 Å². The van der Waals surface area contributed by atoms with Crippen molar-refractivity contribution in [2.75, 3.05) is 17.1 Å². The van der Waals surface area contributed by atoms with Crippen molar-refractivity contribution in [2.24, 2.45) is 0 Å². The Kier molecular flexibility index (Phi) is 11.4. The van der Waals surface area contributed by atoms with Gasteiger partial charge in [-0.1, -0.05) is 67.6 Å². The molecule has 3 rings (SSSR count). The zero-order valence-corrected chi connectivity index (χ0v) is 24.4. The van der Waals surface area contributed by atoms with Crippen LogP contribution >= 0.6 is 0 Å². The van der Waals surface area contributed by atoms with E-state index in [0.717, 1.165) is 40.2 Å². The van der Waals surface area contributed by atoms with E-state index in [2.05, 4.69) is 5.32 Å². The van der Waals surface area contributed by atoms with Crippen LogP contribution in [0, 0.1) is 11.6 Å². The van der Waals surface area contributed by atoms with Crippen LogP contribution < -0.4 is 9.62 Å². The molecule has 220 valence electrons. The summed E-state index contributed by atoms with van der Waals surface area (Å²) in [5.74, 6) is -2.86. The normalized spacial score (nSPS) is 12.8. The van der Waals surface area contributed by atoms with Crippen molar-refractivity contribution in [2.45, 2.75) is 58.2 Å². The SMILES string of the molecule is CCC(C)NC(=O)C(Cc1ccccc1)N(Cc1ccccc1)C(=O)CCCN(c1ccc(F)c(F)c1)S(C)(=O)=O. The van der Waals surface area contributed by atoms with E-state index in [4.69, 9.17) is 0 Å². The van der Waals surface area contributed by atoms with E-state index in [1.54, 1.807) is 4.90 Å². The number of carbonyl (C=O) groups excluding carboxylic acids is 2. The number of amides is 2. The number of nitrogens with one attached hydrogen (secondary N) is 1. The van der Waals surface area contributed by atoms with Crippen LogP contribution in [0.1, 0.15) is 44.2 Å². The lowest BCUT2D eigenvalue weighted by Gasteiger charge is -2.32. The van der Waals surface area contributed by atoms with Crippen molar-refractivity contribution in [3.05, 3.63) is 102 Å². The first-order valence-electron chi connectivity index (χ1n) is 13.6. The summed E-state index contributed by atoms with van der Waals surface area (Å²) >= 11 is 0.